The predicted molar refractivity (Wildman–Crippen MR) is 101 cm³/mol. The Hall–Kier alpha value is -2.38. The van der Waals surface area contributed by atoms with Crippen LogP contribution in [0.3, 0.4) is 0 Å². The first kappa shape index (κ1) is 19.9. The Morgan fingerprint density at radius 3 is 2.77 bits per heavy atom. The fourth-order valence-electron chi connectivity index (χ4n) is 2.08. The number of nitrogens with one attached hydrogen (secondary N) is 1. The van der Waals surface area contributed by atoms with Gasteiger partial charge in [0.1, 0.15) is 23.4 Å². The van der Waals surface area contributed by atoms with Crippen LogP contribution in [0, 0.1) is 0 Å². The second-order valence-electron chi connectivity index (χ2n) is 5.42. The van der Waals surface area contributed by atoms with E-state index in [4.69, 9.17) is 21.4 Å². The van der Waals surface area contributed by atoms with Crippen molar-refractivity contribution in [2.24, 2.45) is 0 Å². The van der Waals surface area contributed by atoms with Gasteiger partial charge in [0.25, 0.3) is 0 Å². The second-order valence-corrected chi connectivity index (χ2v) is 6.79. The lowest BCUT2D eigenvalue weighted by Crippen LogP contribution is -2.41. The van der Waals surface area contributed by atoms with Crippen molar-refractivity contribution >= 4 is 34.8 Å². The van der Waals surface area contributed by atoms with Crippen molar-refractivity contribution in [2.75, 3.05) is 0 Å². The number of rotatable bonds is 9. The molecule has 0 fully saturated rings. The van der Waals surface area contributed by atoms with Gasteiger partial charge in [0.05, 0.1) is 12.1 Å². The van der Waals surface area contributed by atoms with E-state index in [1.807, 2.05) is 0 Å². The summed E-state index contributed by atoms with van der Waals surface area (Å²) in [7, 11) is 0. The molecule has 0 aliphatic heterocycles. The molecule has 1 aromatic carbocycles. The number of carbonyl (C=O) groups excluding carboxylic acids is 1. The van der Waals surface area contributed by atoms with E-state index in [0.29, 0.717) is 16.5 Å². The summed E-state index contributed by atoms with van der Waals surface area (Å²) in [6, 6.07) is 6.06. The minimum absolute atomic E-state index is 0.0249. The maximum Gasteiger partial charge on any atom is 0.326 e. The molecule has 138 valence electrons. The monoisotopic (exact) mass is 394 g/mol. The number of carboxylic acids is 1. The number of aromatic nitrogens is 1. The number of aliphatic carboxylic acids is 1. The van der Waals surface area contributed by atoms with Gasteiger partial charge in [-0.3, -0.25) is 4.79 Å². The zero-order valence-electron chi connectivity index (χ0n) is 14.1. The fraction of sp³-hybridized carbons (Fsp3) is 0.278. The Morgan fingerprint density at radius 2 is 2.12 bits per heavy atom. The lowest BCUT2D eigenvalue weighted by molar-refractivity contribution is -0.141. The number of halogens is 1. The zero-order chi connectivity index (χ0) is 18.9. The van der Waals surface area contributed by atoms with Crippen LogP contribution in [-0.4, -0.2) is 28.0 Å². The average molecular weight is 395 g/mol. The van der Waals surface area contributed by atoms with Gasteiger partial charge in [0, 0.05) is 10.4 Å². The van der Waals surface area contributed by atoms with E-state index in [1.54, 1.807) is 48.7 Å². The molecule has 6 nitrogen and oxygen atoms in total. The van der Waals surface area contributed by atoms with E-state index in [9.17, 15) is 9.59 Å². The summed E-state index contributed by atoms with van der Waals surface area (Å²) in [6.07, 6.45) is 3.72. The summed E-state index contributed by atoms with van der Waals surface area (Å²) < 4.78 is 5.61. The van der Waals surface area contributed by atoms with Crippen molar-refractivity contribution in [1.29, 1.82) is 0 Å². The van der Waals surface area contributed by atoms with Crippen molar-refractivity contribution in [3.8, 4) is 5.75 Å². The van der Waals surface area contributed by atoms with Crippen LogP contribution in [0.25, 0.3) is 0 Å². The Labute approximate surface area is 160 Å². The maximum atomic E-state index is 12.0. The Kier molecular flexibility index (Phi) is 7.62. The Morgan fingerprint density at radius 1 is 1.38 bits per heavy atom. The van der Waals surface area contributed by atoms with Crippen LogP contribution < -0.4 is 10.1 Å². The molecule has 2 aromatic rings. The average Bonchev–Trinajstić information content (AvgIpc) is 3.05. The largest absolute Gasteiger partial charge is 0.486 e. The van der Waals surface area contributed by atoms with E-state index < -0.39 is 12.0 Å². The highest BCUT2D eigenvalue weighted by molar-refractivity contribution is 7.09. The summed E-state index contributed by atoms with van der Waals surface area (Å²) >= 11 is 7.20. The van der Waals surface area contributed by atoms with Crippen LogP contribution in [0.4, 0.5) is 0 Å². The van der Waals surface area contributed by atoms with Crippen LogP contribution in [0.15, 0.2) is 41.8 Å². The van der Waals surface area contributed by atoms with E-state index in [2.05, 4.69) is 10.3 Å². The predicted octanol–water partition coefficient (Wildman–Crippen LogP) is 3.45. The van der Waals surface area contributed by atoms with Gasteiger partial charge in [-0.2, -0.15) is 0 Å². The highest BCUT2D eigenvalue weighted by Gasteiger charge is 2.19. The number of nitrogens with zero attached hydrogens (tertiary/aromatic N) is 1. The number of thiazole rings is 1. The van der Waals surface area contributed by atoms with Gasteiger partial charge >= 0.3 is 5.97 Å². The second kappa shape index (κ2) is 9.94. The van der Waals surface area contributed by atoms with Crippen LogP contribution in [0.2, 0.25) is 5.02 Å². The quantitative estimate of drug-likeness (QED) is 0.636. The molecular weight excluding hydrogens is 376 g/mol. The molecule has 1 heterocycles. The number of hydrogen-bond acceptors (Lipinski definition) is 5. The van der Waals surface area contributed by atoms with Crippen LogP contribution in [0.1, 0.15) is 24.0 Å². The van der Waals surface area contributed by atoms with Gasteiger partial charge in [0.15, 0.2) is 0 Å². The molecule has 0 bridgehead atoms. The minimum atomic E-state index is -1.06. The SMILES string of the molecule is C/C=C/CC(NC(=O)Cc1csc(COc2ccc(Cl)cc2)n1)C(=O)O. The Bertz CT molecular complexity index is 774. The van der Waals surface area contributed by atoms with Crippen molar-refractivity contribution < 1.29 is 19.4 Å². The summed E-state index contributed by atoms with van der Waals surface area (Å²) in [6.45, 7) is 2.08. The van der Waals surface area contributed by atoms with Gasteiger partial charge in [0.2, 0.25) is 5.91 Å². The van der Waals surface area contributed by atoms with Crippen LogP contribution in [-0.2, 0) is 22.6 Å². The molecule has 1 aromatic heterocycles. The molecule has 1 atom stereocenters. The number of carboxylic acid groups (broad SMARTS) is 1. The van der Waals surface area contributed by atoms with Crippen molar-refractivity contribution in [3.05, 3.63) is 57.5 Å². The molecule has 0 aliphatic rings. The van der Waals surface area contributed by atoms with Crippen molar-refractivity contribution in [2.45, 2.75) is 32.4 Å². The first-order valence-electron chi connectivity index (χ1n) is 7.93. The lowest BCUT2D eigenvalue weighted by Gasteiger charge is -2.11. The first-order chi connectivity index (χ1) is 12.5. The first-order valence-corrected chi connectivity index (χ1v) is 9.18. The zero-order valence-corrected chi connectivity index (χ0v) is 15.7. The number of allylic oxidation sites excluding steroid dienone is 1. The number of carbonyl (C=O) groups is 2. The molecule has 2 rings (SSSR count). The van der Waals surface area contributed by atoms with Crippen LogP contribution >= 0.6 is 22.9 Å². The van der Waals surface area contributed by atoms with E-state index in [1.165, 1.54) is 11.3 Å². The number of benzene rings is 1. The molecule has 0 aliphatic carbocycles. The molecule has 0 saturated carbocycles. The number of hydrogen-bond donors (Lipinski definition) is 2. The van der Waals surface area contributed by atoms with Crippen LogP contribution in [0.5, 0.6) is 5.75 Å². The normalized spacial score (nSPS) is 12.1. The van der Waals surface area contributed by atoms with Gasteiger partial charge in [-0.25, -0.2) is 9.78 Å². The lowest BCUT2D eigenvalue weighted by atomic mass is 10.2. The molecule has 1 amide bonds. The smallest absolute Gasteiger partial charge is 0.326 e. The standard InChI is InChI=1S/C18H19ClN2O4S/c1-2-3-4-15(18(23)24)21-16(22)9-13-11-26-17(20-13)10-25-14-7-5-12(19)6-8-14/h2-3,5-8,11,15H,4,9-10H2,1H3,(H,21,22)(H,23,24)/b3-2+. The van der Waals surface area contributed by atoms with E-state index >= 15 is 0 Å². The molecule has 0 spiro atoms. The fourth-order valence-corrected chi connectivity index (χ4v) is 2.91. The Balaban J connectivity index is 1.85. The highest BCUT2D eigenvalue weighted by Crippen LogP contribution is 2.18. The molecule has 0 radical (unpaired) electrons. The van der Waals surface area contributed by atoms with Gasteiger partial charge < -0.3 is 15.2 Å². The third-order valence-corrected chi connectivity index (χ3v) is 4.48. The summed E-state index contributed by atoms with van der Waals surface area (Å²) in [4.78, 5) is 27.5. The molecule has 0 saturated heterocycles. The van der Waals surface area contributed by atoms with Gasteiger partial charge in [-0.05, 0) is 37.6 Å². The molecule has 8 heteroatoms. The van der Waals surface area contributed by atoms with E-state index in [-0.39, 0.29) is 25.4 Å². The maximum absolute atomic E-state index is 12.0. The number of amides is 1. The molecule has 1 unspecified atom stereocenters. The molecule has 26 heavy (non-hydrogen) atoms. The topological polar surface area (TPSA) is 88.5 Å². The number of ether oxygens (including phenoxy) is 1. The van der Waals surface area contributed by atoms with Crippen molar-refractivity contribution in [1.82, 2.24) is 10.3 Å². The third kappa shape index (κ3) is 6.50. The minimum Gasteiger partial charge on any atom is -0.486 e. The summed E-state index contributed by atoms with van der Waals surface area (Å²) in [5.74, 6) is -0.763. The highest BCUT2D eigenvalue weighted by atomic mass is 35.5. The third-order valence-electron chi connectivity index (χ3n) is 3.36. The van der Waals surface area contributed by atoms with E-state index in [0.717, 1.165) is 5.01 Å². The van der Waals surface area contributed by atoms with Crippen molar-refractivity contribution in [3.63, 3.8) is 0 Å². The van der Waals surface area contributed by atoms with Gasteiger partial charge in [-0.1, -0.05) is 23.8 Å². The molecule has 2 N–H and O–H groups in total. The summed E-state index contributed by atoms with van der Waals surface area (Å²) in [5, 5.41) is 14.8. The molecular formula is C18H19ClN2O4S. The van der Waals surface area contributed by atoms with Gasteiger partial charge in [-0.15, -0.1) is 11.3 Å². The summed E-state index contributed by atoms with van der Waals surface area (Å²) in [5.41, 5.74) is 0.581.